The maximum Gasteiger partial charge on any atom is 0.251 e. The van der Waals surface area contributed by atoms with Crippen molar-refractivity contribution >= 4 is 5.91 Å². The van der Waals surface area contributed by atoms with Crippen molar-refractivity contribution < 1.29 is 4.79 Å². The summed E-state index contributed by atoms with van der Waals surface area (Å²) in [6, 6.07) is 23.3. The highest BCUT2D eigenvalue weighted by atomic mass is 16.1. The summed E-state index contributed by atoms with van der Waals surface area (Å²) in [6.45, 7) is 9.24. The van der Waals surface area contributed by atoms with Crippen LogP contribution in [0.4, 0.5) is 0 Å². The maximum absolute atomic E-state index is 12.8. The molecule has 1 N–H and O–H groups in total. The molecule has 2 saturated heterocycles. The van der Waals surface area contributed by atoms with Gasteiger partial charge in [0.05, 0.1) is 0 Å². The Morgan fingerprint density at radius 2 is 1.25 bits per heavy atom. The molecule has 1 amide bonds. The number of piperazine rings is 1. The average molecular weight is 484 g/mol. The van der Waals surface area contributed by atoms with Gasteiger partial charge < -0.3 is 5.32 Å². The van der Waals surface area contributed by atoms with Crippen LogP contribution < -0.4 is 5.32 Å². The standard InChI is InChI=1S/C30H37N5O/c36-30(32-29-12-15-33(16-13-29)24-27-7-4-14-31-21-27)28-10-8-26(9-11-28)23-35-19-17-34(18-20-35)22-25-5-2-1-3-6-25/h1-11,14,21,29H,12-13,15-20,22-24H2,(H,32,36). The Balaban J connectivity index is 1.03. The fraction of sp³-hybridized carbons (Fsp3) is 0.400. The third-order valence-corrected chi connectivity index (χ3v) is 7.39. The molecule has 6 nitrogen and oxygen atoms in total. The van der Waals surface area contributed by atoms with Crippen LogP contribution in [0.1, 0.15) is 39.9 Å². The molecule has 2 aliphatic heterocycles. The summed E-state index contributed by atoms with van der Waals surface area (Å²) in [5.41, 5.74) is 4.65. The molecular formula is C30H37N5O. The monoisotopic (exact) mass is 483 g/mol. The van der Waals surface area contributed by atoms with Gasteiger partial charge in [-0.1, -0.05) is 48.5 Å². The smallest absolute Gasteiger partial charge is 0.251 e. The second-order valence-corrected chi connectivity index (χ2v) is 10.1. The zero-order valence-corrected chi connectivity index (χ0v) is 21.1. The van der Waals surface area contributed by atoms with Gasteiger partial charge in [0, 0.05) is 82.9 Å². The molecule has 188 valence electrons. The minimum Gasteiger partial charge on any atom is -0.349 e. The summed E-state index contributed by atoms with van der Waals surface area (Å²) >= 11 is 0. The molecule has 1 aromatic heterocycles. The molecule has 36 heavy (non-hydrogen) atoms. The first-order valence-electron chi connectivity index (χ1n) is 13.2. The van der Waals surface area contributed by atoms with Gasteiger partial charge in [0.15, 0.2) is 0 Å². The van der Waals surface area contributed by atoms with E-state index in [1.54, 1.807) is 0 Å². The highest BCUT2D eigenvalue weighted by Gasteiger charge is 2.22. The summed E-state index contributed by atoms with van der Waals surface area (Å²) in [5, 5.41) is 3.25. The van der Waals surface area contributed by atoms with Gasteiger partial charge in [0.1, 0.15) is 0 Å². The van der Waals surface area contributed by atoms with Crippen molar-refractivity contribution in [3.63, 3.8) is 0 Å². The van der Waals surface area contributed by atoms with E-state index < -0.39 is 0 Å². The summed E-state index contributed by atoms with van der Waals surface area (Å²) in [7, 11) is 0. The van der Waals surface area contributed by atoms with E-state index >= 15 is 0 Å². The minimum atomic E-state index is 0.0433. The number of hydrogen-bond donors (Lipinski definition) is 1. The molecule has 2 aliphatic rings. The number of piperidine rings is 1. The van der Waals surface area contributed by atoms with Crippen molar-refractivity contribution in [2.75, 3.05) is 39.3 Å². The number of likely N-dealkylation sites (tertiary alicyclic amines) is 1. The maximum atomic E-state index is 12.8. The van der Waals surface area contributed by atoms with Gasteiger partial charge in [0.2, 0.25) is 0 Å². The molecule has 6 heteroatoms. The fourth-order valence-electron chi connectivity index (χ4n) is 5.22. The number of amides is 1. The summed E-state index contributed by atoms with van der Waals surface area (Å²) in [6.07, 6.45) is 5.72. The van der Waals surface area contributed by atoms with Crippen LogP contribution in [0, 0.1) is 0 Å². The van der Waals surface area contributed by atoms with Crippen LogP contribution >= 0.6 is 0 Å². The Morgan fingerprint density at radius 1 is 0.694 bits per heavy atom. The number of pyridine rings is 1. The van der Waals surface area contributed by atoms with E-state index in [0.29, 0.717) is 0 Å². The SMILES string of the molecule is O=C(NC1CCN(Cc2cccnc2)CC1)c1ccc(CN2CCN(Cc3ccccc3)CC2)cc1. The molecule has 5 rings (SSSR count). The third kappa shape index (κ3) is 7.00. The Kier molecular flexibility index (Phi) is 8.39. The molecule has 0 aliphatic carbocycles. The Hall–Kier alpha value is -3.06. The minimum absolute atomic E-state index is 0.0433. The lowest BCUT2D eigenvalue weighted by Gasteiger charge is -2.34. The first-order valence-corrected chi connectivity index (χ1v) is 13.2. The summed E-state index contributed by atoms with van der Waals surface area (Å²) in [5.74, 6) is 0.0433. The number of nitrogens with one attached hydrogen (secondary N) is 1. The van der Waals surface area contributed by atoms with E-state index in [9.17, 15) is 4.79 Å². The lowest BCUT2D eigenvalue weighted by atomic mass is 10.0. The normalized spacial score (nSPS) is 18.2. The van der Waals surface area contributed by atoms with Crippen molar-refractivity contribution in [1.82, 2.24) is 25.0 Å². The molecule has 0 radical (unpaired) electrons. The van der Waals surface area contributed by atoms with Gasteiger partial charge in [-0.3, -0.25) is 24.5 Å². The van der Waals surface area contributed by atoms with E-state index in [2.05, 4.69) is 73.5 Å². The van der Waals surface area contributed by atoms with Crippen LogP contribution in [-0.4, -0.2) is 70.9 Å². The van der Waals surface area contributed by atoms with Crippen molar-refractivity contribution in [2.24, 2.45) is 0 Å². The Bertz CT molecular complexity index is 1070. The summed E-state index contributed by atoms with van der Waals surface area (Å²) < 4.78 is 0. The first kappa shape index (κ1) is 24.6. The molecule has 0 bridgehead atoms. The van der Waals surface area contributed by atoms with E-state index in [0.717, 1.165) is 77.3 Å². The second kappa shape index (κ2) is 12.3. The van der Waals surface area contributed by atoms with Gasteiger partial charge in [-0.15, -0.1) is 0 Å². The van der Waals surface area contributed by atoms with Crippen LogP contribution in [0.5, 0.6) is 0 Å². The Morgan fingerprint density at radius 3 is 1.86 bits per heavy atom. The van der Waals surface area contributed by atoms with Gasteiger partial charge in [-0.05, 0) is 47.7 Å². The second-order valence-electron chi connectivity index (χ2n) is 10.1. The van der Waals surface area contributed by atoms with Crippen molar-refractivity contribution in [3.05, 3.63) is 101 Å². The highest BCUT2D eigenvalue weighted by molar-refractivity contribution is 5.94. The molecule has 0 spiro atoms. The van der Waals surface area contributed by atoms with Crippen molar-refractivity contribution in [3.8, 4) is 0 Å². The lowest BCUT2D eigenvalue weighted by Crippen LogP contribution is -2.45. The number of hydrogen-bond acceptors (Lipinski definition) is 5. The number of nitrogens with zero attached hydrogens (tertiary/aromatic N) is 4. The van der Waals surface area contributed by atoms with E-state index in [1.807, 2.05) is 30.6 Å². The number of rotatable bonds is 8. The largest absolute Gasteiger partial charge is 0.349 e. The molecule has 2 fully saturated rings. The lowest BCUT2D eigenvalue weighted by molar-refractivity contribution is 0.0909. The summed E-state index contributed by atoms with van der Waals surface area (Å²) in [4.78, 5) is 24.5. The van der Waals surface area contributed by atoms with Crippen LogP contribution in [0.3, 0.4) is 0 Å². The predicted octanol–water partition coefficient (Wildman–Crippen LogP) is 3.79. The van der Waals surface area contributed by atoms with Crippen LogP contribution in [0.2, 0.25) is 0 Å². The molecule has 3 aromatic rings. The Labute approximate surface area is 214 Å². The molecule has 0 unspecified atom stereocenters. The van der Waals surface area contributed by atoms with Crippen molar-refractivity contribution in [1.29, 1.82) is 0 Å². The molecule has 0 atom stereocenters. The van der Waals surface area contributed by atoms with Crippen LogP contribution in [0.15, 0.2) is 79.1 Å². The molecule has 2 aromatic carbocycles. The number of aromatic nitrogens is 1. The zero-order chi connectivity index (χ0) is 24.6. The zero-order valence-electron chi connectivity index (χ0n) is 21.1. The molecular weight excluding hydrogens is 446 g/mol. The first-order chi connectivity index (χ1) is 17.7. The van der Waals surface area contributed by atoms with Gasteiger partial charge in [-0.25, -0.2) is 0 Å². The highest BCUT2D eigenvalue weighted by Crippen LogP contribution is 2.16. The van der Waals surface area contributed by atoms with Crippen molar-refractivity contribution in [2.45, 2.75) is 38.5 Å². The van der Waals surface area contributed by atoms with Gasteiger partial charge in [0.25, 0.3) is 5.91 Å². The van der Waals surface area contributed by atoms with Crippen LogP contribution in [-0.2, 0) is 19.6 Å². The van der Waals surface area contributed by atoms with E-state index in [1.165, 1.54) is 16.7 Å². The average Bonchev–Trinajstić information content (AvgIpc) is 2.92. The van der Waals surface area contributed by atoms with Crippen LogP contribution in [0.25, 0.3) is 0 Å². The van der Waals surface area contributed by atoms with Gasteiger partial charge in [-0.2, -0.15) is 0 Å². The van der Waals surface area contributed by atoms with E-state index in [-0.39, 0.29) is 11.9 Å². The topological polar surface area (TPSA) is 51.7 Å². The number of benzene rings is 2. The fourth-order valence-corrected chi connectivity index (χ4v) is 5.22. The predicted molar refractivity (Wildman–Crippen MR) is 143 cm³/mol. The molecule has 0 saturated carbocycles. The van der Waals surface area contributed by atoms with Gasteiger partial charge >= 0.3 is 0 Å². The number of carbonyl (C=O) groups excluding carboxylic acids is 1. The molecule has 3 heterocycles. The third-order valence-electron chi connectivity index (χ3n) is 7.39. The number of carbonyl (C=O) groups is 1. The van der Waals surface area contributed by atoms with E-state index in [4.69, 9.17) is 0 Å². The quantitative estimate of drug-likeness (QED) is 0.528.